The van der Waals surface area contributed by atoms with Gasteiger partial charge in [0.05, 0.1) is 11.3 Å². The van der Waals surface area contributed by atoms with Gasteiger partial charge in [-0.3, -0.25) is 4.79 Å². The lowest BCUT2D eigenvalue weighted by atomic mass is 10.2. The van der Waals surface area contributed by atoms with E-state index in [1.165, 1.54) is 11.8 Å². The summed E-state index contributed by atoms with van der Waals surface area (Å²) >= 11 is 4.97. The SMILES string of the molecule is CC(Sc1nnnn1C1CC1)C(=O)N(Cc1cccc(Br)c1)C1CC1. The molecule has 0 N–H and O–H groups in total. The van der Waals surface area contributed by atoms with Crippen LogP contribution < -0.4 is 0 Å². The molecule has 6 nitrogen and oxygen atoms in total. The van der Waals surface area contributed by atoms with Crippen molar-refractivity contribution in [3.8, 4) is 0 Å². The minimum Gasteiger partial charge on any atom is -0.334 e. The Hall–Kier alpha value is -1.41. The summed E-state index contributed by atoms with van der Waals surface area (Å²) in [5.41, 5.74) is 1.15. The fourth-order valence-corrected chi connectivity index (χ4v) is 4.23. The first-order valence-corrected chi connectivity index (χ1v) is 10.3. The first kappa shape index (κ1) is 17.0. The Morgan fingerprint density at radius 1 is 1.40 bits per heavy atom. The van der Waals surface area contributed by atoms with Crippen molar-refractivity contribution in [3.05, 3.63) is 34.3 Å². The molecule has 1 unspecified atom stereocenters. The Bertz CT molecular complexity index is 774. The molecule has 0 saturated heterocycles. The van der Waals surface area contributed by atoms with E-state index >= 15 is 0 Å². The maximum absolute atomic E-state index is 13.1. The summed E-state index contributed by atoms with van der Waals surface area (Å²) in [4.78, 5) is 15.1. The van der Waals surface area contributed by atoms with Crippen molar-refractivity contribution in [3.63, 3.8) is 0 Å². The van der Waals surface area contributed by atoms with Gasteiger partial charge in [0.25, 0.3) is 0 Å². The Labute approximate surface area is 159 Å². The second-order valence-electron chi connectivity index (χ2n) is 6.72. The van der Waals surface area contributed by atoms with Crippen LogP contribution in [0.25, 0.3) is 0 Å². The molecule has 1 amide bonds. The second kappa shape index (κ2) is 7.07. The summed E-state index contributed by atoms with van der Waals surface area (Å²) in [7, 11) is 0. The molecule has 132 valence electrons. The molecule has 0 bridgehead atoms. The van der Waals surface area contributed by atoms with Gasteiger partial charge in [0, 0.05) is 17.1 Å². The van der Waals surface area contributed by atoms with Crippen molar-refractivity contribution in [2.24, 2.45) is 0 Å². The fraction of sp³-hybridized carbons (Fsp3) is 0.529. The molecule has 0 spiro atoms. The van der Waals surface area contributed by atoms with Crippen molar-refractivity contribution < 1.29 is 4.79 Å². The Morgan fingerprint density at radius 2 is 2.20 bits per heavy atom. The number of halogens is 1. The number of tetrazole rings is 1. The summed E-state index contributed by atoms with van der Waals surface area (Å²) in [6.07, 6.45) is 4.43. The van der Waals surface area contributed by atoms with Crippen LogP contribution in [0.1, 0.15) is 44.2 Å². The Kier molecular flexibility index (Phi) is 4.82. The molecular formula is C17H20BrN5OS. The monoisotopic (exact) mass is 421 g/mol. The predicted octanol–water partition coefficient (Wildman–Crippen LogP) is 3.44. The molecule has 2 aliphatic carbocycles. The van der Waals surface area contributed by atoms with Crippen LogP contribution in [0.5, 0.6) is 0 Å². The predicted molar refractivity (Wildman–Crippen MR) is 99.1 cm³/mol. The third-order valence-electron chi connectivity index (χ3n) is 4.50. The zero-order valence-corrected chi connectivity index (χ0v) is 16.4. The van der Waals surface area contributed by atoms with E-state index in [0.29, 0.717) is 18.6 Å². The minimum absolute atomic E-state index is 0.165. The van der Waals surface area contributed by atoms with Gasteiger partial charge in [0.1, 0.15) is 0 Å². The maximum atomic E-state index is 13.1. The van der Waals surface area contributed by atoms with E-state index in [2.05, 4.69) is 43.6 Å². The Balaban J connectivity index is 1.45. The van der Waals surface area contributed by atoms with E-state index in [-0.39, 0.29) is 11.2 Å². The van der Waals surface area contributed by atoms with Crippen LogP contribution in [0.4, 0.5) is 0 Å². The van der Waals surface area contributed by atoms with Crippen LogP contribution in [-0.2, 0) is 11.3 Å². The molecule has 25 heavy (non-hydrogen) atoms. The van der Waals surface area contributed by atoms with Gasteiger partial charge in [-0.2, -0.15) is 0 Å². The number of hydrogen-bond donors (Lipinski definition) is 0. The highest BCUT2D eigenvalue weighted by molar-refractivity contribution is 9.10. The van der Waals surface area contributed by atoms with E-state index in [0.717, 1.165) is 40.9 Å². The van der Waals surface area contributed by atoms with Crippen LogP contribution in [0.15, 0.2) is 33.9 Å². The van der Waals surface area contributed by atoms with Gasteiger partial charge in [-0.15, -0.1) is 5.10 Å². The van der Waals surface area contributed by atoms with Crippen molar-refractivity contribution in [1.29, 1.82) is 0 Å². The number of rotatable bonds is 7. The molecule has 1 aromatic carbocycles. The van der Waals surface area contributed by atoms with Gasteiger partial charge in [-0.25, -0.2) is 4.68 Å². The van der Waals surface area contributed by atoms with Crippen LogP contribution in [0, 0.1) is 0 Å². The molecule has 2 aliphatic rings. The standard InChI is InChI=1S/C17H20BrN5OS/c1-11(25-17-19-20-21-23(17)15-7-8-15)16(24)22(14-5-6-14)10-12-3-2-4-13(18)9-12/h2-4,9,11,14-15H,5-8,10H2,1H3. The maximum Gasteiger partial charge on any atom is 0.236 e. The van der Waals surface area contributed by atoms with Gasteiger partial charge in [-0.05, 0) is 60.7 Å². The van der Waals surface area contributed by atoms with Gasteiger partial charge in [-0.1, -0.05) is 39.8 Å². The minimum atomic E-state index is -0.198. The van der Waals surface area contributed by atoms with E-state index in [4.69, 9.17) is 0 Å². The van der Waals surface area contributed by atoms with Crippen LogP contribution >= 0.6 is 27.7 Å². The molecule has 8 heteroatoms. The highest BCUT2D eigenvalue weighted by atomic mass is 79.9. The number of benzene rings is 1. The average molecular weight is 422 g/mol. The number of hydrogen-bond acceptors (Lipinski definition) is 5. The summed E-state index contributed by atoms with van der Waals surface area (Å²) in [6.45, 7) is 2.61. The van der Waals surface area contributed by atoms with Crippen molar-refractivity contribution in [1.82, 2.24) is 25.1 Å². The van der Waals surface area contributed by atoms with Crippen molar-refractivity contribution >= 4 is 33.6 Å². The summed E-state index contributed by atoms with van der Waals surface area (Å²) in [5, 5.41) is 12.5. The molecule has 4 rings (SSSR count). The van der Waals surface area contributed by atoms with Crippen LogP contribution in [0.3, 0.4) is 0 Å². The Morgan fingerprint density at radius 3 is 2.88 bits per heavy atom. The van der Waals surface area contributed by atoms with Crippen LogP contribution in [0.2, 0.25) is 0 Å². The molecule has 2 saturated carbocycles. The number of carbonyl (C=O) groups excluding carboxylic acids is 1. The largest absolute Gasteiger partial charge is 0.334 e. The summed E-state index contributed by atoms with van der Waals surface area (Å²) in [6, 6.07) is 8.95. The lowest BCUT2D eigenvalue weighted by Gasteiger charge is -2.25. The highest BCUT2D eigenvalue weighted by Gasteiger charge is 2.36. The lowest BCUT2D eigenvalue weighted by molar-refractivity contribution is -0.131. The quantitative estimate of drug-likeness (QED) is 0.640. The zero-order chi connectivity index (χ0) is 17.4. The van der Waals surface area contributed by atoms with E-state index < -0.39 is 0 Å². The smallest absolute Gasteiger partial charge is 0.236 e. The molecule has 0 radical (unpaired) electrons. The third-order valence-corrected chi connectivity index (χ3v) is 6.03. The second-order valence-corrected chi connectivity index (χ2v) is 8.95. The van der Waals surface area contributed by atoms with Crippen molar-refractivity contribution in [2.75, 3.05) is 0 Å². The number of aromatic nitrogens is 4. The van der Waals surface area contributed by atoms with Gasteiger partial charge in [0.2, 0.25) is 11.1 Å². The first-order valence-electron chi connectivity index (χ1n) is 8.61. The van der Waals surface area contributed by atoms with Gasteiger partial charge < -0.3 is 4.90 Å². The van der Waals surface area contributed by atoms with E-state index in [1.54, 1.807) is 0 Å². The number of thioether (sulfide) groups is 1. The van der Waals surface area contributed by atoms with E-state index in [9.17, 15) is 4.79 Å². The summed E-state index contributed by atoms with van der Waals surface area (Å²) < 4.78 is 2.91. The molecule has 2 aromatic rings. The van der Waals surface area contributed by atoms with Gasteiger partial charge in [0.15, 0.2) is 0 Å². The average Bonchev–Trinajstić information content (AvgIpc) is 3.51. The lowest BCUT2D eigenvalue weighted by Crippen LogP contribution is -2.38. The zero-order valence-electron chi connectivity index (χ0n) is 14.0. The van der Waals surface area contributed by atoms with Gasteiger partial charge >= 0.3 is 0 Å². The van der Waals surface area contributed by atoms with Crippen molar-refractivity contribution in [2.45, 2.75) is 61.6 Å². The molecule has 2 fully saturated rings. The topological polar surface area (TPSA) is 63.9 Å². The fourth-order valence-electron chi connectivity index (χ4n) is 2.86. The number of carbonyl (C=O) groups is 1. The number of amides is 1. The molecule has 0 aliphatic heterocycles. The molecular weight excluding hydrogens is 402 g/mol. The normalized spacial score (nSPS) is 18.2. The van der Waals surface area contributed by atoms with E-state index in [1.807, 2.05) is 28.6 Å². The third kappa shape index (κ3) is 4.06. The molecule has 1 aromatic heterocycles. The number of nitrogens with zero attached hydrogens (tertiary/aromatic N) is 5. The highest BCUT2D eigenvalue weighted by Crippen LogP contribution is 2.38. The van der Waals surface area contributed by atoms with Crippen LogP contribution in [-0.4, -0.2) is 42.3 Å². The summed E-state index contributed by atoms with van der Waals surface area (Å²) in [5.74, 6) is 0.165. The first-order chi connectivity index (χ1) is 12.1. The molecule has 1 heterocycles. The molecule has 1 atom stereocenters.